The van der Waals surface area contributed by atoms with Gasteiger partial charge in [-0.1, -0.05) is 109 Å². The number of rotatable bonds is 20. The van der Waals surface area contributed by atoms with Crippen LogP contribution in [0, 0.1) is 0 Å². The highest BCUT2D eigenvalue weighted by Gasteiger charge is 2.17. The molecule has 0 fully saturated rings. The fourth-order valence-corrected chi connectivity index (χ4v) is 5.99. The number of hydrogen-bond donors (Lipinski definition) is 0. The van der Waals surface area contributed by atoms with Gasteiger partial charge in [-0.25, -0.2) is 0 Å². The van der Waals surface area contributed by atoms with Crippen molar-refractivity contribution in [2.24, 2.45) is 0 Å². The first-order chi connectivity index (χ1) is 19.6. The molecule has 0 aromatic heterocycles. The predicted octanol–water partition coefficient (Wildman–Crippen LogP) is 10.1. The molecular weight excluding hydrogens is 512 g/mol. The lowest BCUT2D eigenvalue weighted by atomic mass is 10.1. The van der Waals surface area contributed by atoms with E-state index in [1.54, 1.807) is 0 Å². The van der Waals surface area contributed by atoms with E-state index >= 15 is 0 Å². The Morgan fingerprint density at radius 1 is 0.850 bits per heavy atom. The molecule has 1 aliphatic rings. The maximum atomic E-state index is 13.0. The highest BCUT2D eigenvalue weighted by atomic mass is 32.2. The minimum atomic E-state index is 0.132. The number of anilines is 1. The molecule has 0 aliphatic carbocycles. The van der Waals surface area contributed by atoms with Crippen LogP contribution in [0.25, 0.3) is 0 Å². The van der Waals surface area contributed by atoms with Gasteiger partial charge in [0.05, 0.1) is 19.0 Å². The molecule has 0 radical (unpaired) electrons. The summed E-state index contributed by atoms with van der Waals surface area (Å²) >= 11 is 1.87. The summed E-state index contributed by atoms with van der Waals surface area (Å²) in [6.07, 6.45) is 18.8. The second-order valence-corrected chi connectivity index (χ2v) is 12.3. The number of hydrogen-bond acceptors (Lipinski definition) is 4. The van der Waals surface area contributed by atoms with E-state index in [9.17, 15) is 4.79 Å². The molecule has 1 amide bonds. The number of unbranched alkanes of at least 4 members (excludes halogenated alkanes) is 11. The number of thioether (sulfide) groups is 1. The van der Waals surface area contributed by atoms with Gasteiger partial charge in [0.15, 0.2) is 0 Å². The first-order valence-electron chi connectivity index (χ1n) is 15.8. The molecular formula is C35H52N2O2S. The fraction of sp³-hybridized carbons (Fsp3) is 0.571. The first kappa shape index (κ1) is 32.1. The van der Waals surface area contributed by atoms with E-state index in [1.807, 2.05) is 41.8 Å². The van der Waals surface area contributed by atoms with Crippen molar-refractivity contribution in [1.29, 1.82) is 0 Å². The summed E-state index contributed by atoms with van der Waals surface area (Å²) < 4.78 is 6.10. The normalized spacial score (nSPS) is 13.0. The van der Waals surface area contributed by atoms with Crippen molar-refractivity contribution < 1.29 is 9.53 Å². The number of amides is 1. The average Bonchev–Trinajstić information content (AvgIpc) is 3.38. The predicted molar refractivity (Wildman–Crippen MR) is 173 cm³/mol. The van der Waals surface area contributed by atoms with Gasteiger partial charge in [-0.05, 0) is 53.6 Å². The molecule has 2 aromatic carbocycles. The molecule has 0 bridgehead atoms. The van der Waals surface area contributed by atoms with Gasteiger partial charge >= 0.3 is 0 Å². The number of carbonyl (C=O) groups is 1. The van der Waals surface area contributed by atoms with E-state index in [0.717, 1.165) is 42.4 Å². The zero-order valence-electron chi connectivity index (χ0n) is 25.3. The van der Waals surface area contributed by atoms with Crippen LogP contribution in [0.3, 0.4) is 0 Å². The van der Waals surface area contributed by atoms with Crippen molar-refractivity contribution in [1.82, 2.24) is 4.90 Å². The van der Waals surface area contributed by atoms with Gasteiger partial charge in [-0.15, -0.1) is 11.8 Å². The molecule has 220 valence electrons. The molecule has 5 heteroatoms. The standard InChI is InChI=1S/C35H52N2O2S/c1-4-6-7-8-9-10-11-12-13-14-15-16-23-39-34-22-18-20-32(25-34)28-37(35(38)5-2)33-21-17-19-31(24-33)27-36-26-30(3)40-29-36/h17-22,24-26H,4-16,23,27-29H2,1-3H3. The van der Waals surface area contributed by atoms with Crippen molar-refractivity contribution in [3.63, 3.8) is 0 Å². The van der Waals surface area contributed by atoms with Gasteiger partial charge in [0.2, 0.25) is 5.91 Å². The summed E-state index contributed by atoms with van der Waals surface area (Å²) in [5.74, 6) is 2.01. The second-order valence-electron chi connectivity index (χ2n) is 11.1. The number of allylic oxidation sites excluding steroid dienone is 1. The lowest BCUT2D eigenvalue weighted by molar-refractivity contribution is -0.118. The highest BCUT2D eigenvalue weighted by Crippen LogP contribution is 2.27. The Morgan fingerprint density at radius 3 is 2.15 bits per heavy atom. The van der Waals surface area contributed by atoms with Crippen molar-refractivity contribution >= 4 is 23.4 Å². The van der Waals surface area contributed by atoms with Gasteiger partial charge in [-0.2, -0.15) is 0 Å². The molecule has 1 aliphatic heterocycles. The zero-order chi connectivity index (χ0) is 28.4. The Bertz CT molecular complexity index is 1040. The SMILES string of the molecule is CCCCCCCCCCCCCCOc1cccc(CN(C(=O)CC)c2cccc(CN3C=C(C)SC3)c2)c1. The Kier molecular flexibility index (Phi) is 15.1. The summed E-state index contributed by atoms with van der Waals surface area (Å²) in [5, 5.41) is 0. The average molecular weight is 565 g/mol. The molecule has 2 aromatic rings. The summed E-state index contributed by atoms with van der Waals surface area (Å²) in [7, 11) is 0. The molecule has 4 nitrogen and oxygen atoms in total. The Balaban J connectivity index is 1.41. The van der Waals surface area contributed by atoms with Crippen LogP contribution < -0.4 is 9.64 Å². The third-order valence-corrected chi connectivity index (χ3v) is 8.56. The van der Waals surface area contributed by atoms with Crippen LogP contribution in [0.15, 0.2) is 59.6 Å². The van der Waals surface area contributed by atoms with Crippen molar-refractivity contribution in [3.05, 3.63) is 70.8 Å². The lowest BCUT2D eigenvalue weighted by Gasteiger charge is -2.24. The van der Waals surface area contributed by atoms with Crippen molar-refractivity contribution in [3.8, 4) is 5.75 Å². The Hall–Kier alpha value is -2.40. The number of ether oxygens (including phenoxy) is 1. The minimum absolute atomic E-state index is 0.132. The van der Waals surface area contributed by atoms with Gasteiger partial charge in [0.25, 0.3) is 0 Å². The number of benzene rings is 2. The zero-order valence-corrected chi connectivity index (χ0v) is 26.2. The van der Waals surface area contributed by atoms with E-state index in [0.29, 0.717) is 13.0 Å². The smallest absolute Gasteiger partial charge is 0.227 e. The topological polar surface area (TPSA) is 32.8 Å². The van der Waals surface area contributed by atoms with Crippen LogP contribution in [0.2, 0.25) is 0 Å². The first-order valence-corrected chi connectivity index (χ1v) is 16.7. The molecule has 0 saturated heterocycles. The van der Waals surface area contributed by atoms with Gasteiger partial charge in [-0.3, -0.25) is 4.79 Å². The van der Waals surface area contributed by atoms with Gasteiger partial charge in [0.1, 0.15) is 5.75 Å². The van der Waals surface area contributed by atoms with Gasteiger partial charge in [0, 0.05) is 24.9 Å². The molecule has 0 saturated carbocycles. The van der Waals surface area contributed by atoms with E-state index < -0.39 is 0 Å². The Labute approximate surface area is 248 Å². The third-order valence-electron chi connectivity index (χ3n) is 7.54. The third kappa shape index (κ3) is 12.0. The quantitative estimate of drug-likeness (QED) is 0.150. The summed E-state index contributed by atoms with van der Waals surface area (Å²) in [4.78, 5) is 18.6. The second kappa shape index (κ2) is 18.9. The van der Waals surface area contributed by atoms with Crippen LogP contribution in [-0.4, -0.2) is 23.3 Å². The van der Waals surface area contributed by atoms with Crippen LogP contribution in [-0.2, 0) is 17.9 Å². The molecule has 40 heavy (non-hydrogen) atoms. The molecule has 3 rings (SSSR count). The van der Waals surface area contributed by atoms with E-state index in [-0.39, 0.29) is 5.91 Å². The molecule has 0 unspecified atom stereocenters. The maximum Gasteiger partial charge on any atom is 0.227 e. The van der Waals surface area contributed by atoms with Gasteiger partial charge < -0.3 is 14.5 Å². The largest absolute Gasteiger partial charge is 0.494 e. The highest BCUT2D eigenvalue weighted by molar-refractivity contribution is 8.03. The fourth-order valence-electron chi connectivity index (χ4n) is 5.23. The Morgan fingerprint density at radius 2 is 1.50 bits per heavy atom. The van der Waals surface area contributed by atoms with E-state index in [2.05, 4.69) is 55.3 Å². The van der Waals surface area contributed by atoms with Crippen LogP contribution in [0.5, 0.6) is 5.75 Å². The molecule has 0 spiro atoms. The molecule has 0 atom stereocenters. The summed E-state index contributed by atoms with van der Waals surface area (Å²) in [6.45, 7) is 8.52. The number of nitrogens with zero attached hydrogens (tertiary/aromatic N) is 2. The summed E-state index contributed by atoms with van der Waals surface area (Å²) in [5.41, 5.74) is 3.27. The number of carbonyl (C=O) groups excluding carboxylic acids is 1. The molecule has 0 N–H and O–H groups in total. The molecule has 1 heterocycles. The maximum absolute atomic E-state index is 13.0. The lowest BCUT2D eigenvalue weighted by Crippen LogP contribution is -2.29. The summed E-state index contributed by atoms with van der Waals surface area (Å²) in [6, 6.07) is 16.7. The monoisotopic (exact) mass is 564 g/mol. The van der Waals surface area contributed by atoms with E-state index in [4.69, 9.17) is 4.74 Å². The van der Waals surface area contributed by atoms with Crippen LogP contribution in [0.4, 0.5) is 5.69 Å². The van der Waals surface area contributed by atoms with Crippen LogP contribution >= 0.6 is 11.8 Å². The minimum Gasteiger partial charge on any atom is -0.494 e. The van der Waals surface area contributed by atoms with Crippen molar-refractivity contribution in [2.75, 3.05) is 17.4 Å². The van der Waals surface area contributed by atoms with Crippen LogP contribution in [0.1, 0.15) is 115 Å². The van der Waals surface area contributed by atoms with Crippen molar-refractivity contribution in [2.45, 2.75) is 117 Å². The van der Waals surface area contributed by atoms with E-state index in [1.165, 1.54) is 81.1 Å².